The van der Waals surface area contributed by atoms with Gasteiger partial charge in [0.15, 0.2) is 18.4 Å². The lowest BCUT2D eigenvalue weighted by atomic mass is 9.70. The summed E-state index contributed by atoms with van der Waals surface area (Å²) in [5.41, 5.74) is -3.47. The van der Waals surface area contributed by atoms with Crippen molar-refractivity contribution in [3.8, 4) is 17.2 Å². The Hall–Kier alpha value is -2.60. The fourth-order valence-corrected chi connectivity index (χ4v) is 8.05. The molecule has 0 spiro atoms. The fraction of sp³-hybridized carbons (Fsp3) is 0.611. The smallest absolute Gasteiger partial charge is 0.202 e. The van der Waals surface area contributed by atoms with E-state index in [4.69, 9.17) is 18.9 Å². The second-order valence-corrected chi connectivity index (χ2v) is 14.5. The van der Waals surface area contributed by atoms with E-state index in [0.29, 0.717) is 0 Å². The molecule has 2 saturated heterocycles. The molecule has 11 atom stereocenters. The Morgan fingerprint density at radius 2 is 1.29 bits per heavy atom. The van der Waals surface area contributed by atoms with Crippen LogP contribution in [0.15, 0.2) is 18.2 Å². The van der Waals surface area contributed by atoms with Gasteiger partial charge in [-0.15, -0.1) is 24.8 Å². The van der Waals surface area contributed by atoms with E-state index < -0.39 is 94.7 Å². The maximum absolute atomic E-state index is 14.0. The highest BCUT2D eigenvalue weighted by atomic mass is 35.5. The van der Waals surface area contributed by atoms with E-state index >= 15 is 0 Å². The summed E-state index contributed by atoms with van der Waals surface area (Å²) in [6.07, 6.45) is -7.20. The van der Waals surface area contributed by atoms with Crippen molar-refractivity contribution in [2.75, 3.05) is 28.2 Å². The van der Waals surface area contributed by atoms with Gasteiger partial charge in [0.2, 0.25) is 5.78 Å². The number of aliphatic hydroxyl groups is 3. The zero-order valence-electron chi connectivity index (χ0n) is 30.2. The lowest BCUT2D eigenvalue weighted by molar-refractivity contribution is -0.289. The standard InChI is InChI=1S/C36H48N2O12.2ClH/c1-8-36(46)14-21(49-22-12-18(37(4)5)29(40)15(2)47-22)25-28(35(36)50-23-13-19(38(6)7)30(41)16(3)48-23)34(45)26-27(33(25)44)32(43)24-17(31(26)42)10-9-11-20(24)39;;/h9-11,15-16,18-19,21-23,29-30,35,39-41,44-46H,8,12-14H2,1-7H3;2*1H/t15-,16-,18-,19-,21-,22-,23-,29+,30+,35+,36+;;/m0../s1. The molecule has 0 bridgehead atoms. The van der Waals surface area contributed by atoms with Gasteiger partial charge in [-0.2, -0.15) is 0 Å². The number of benzene rings is 2. The third-order valence-electron chi connectivity index (χ3n) is 11.0. The highest BCUT2D eigenvalue weighted by molar-refractivity contribution is 6.31. The molecule has 0 amide bonds. The van der Waals surface area contributed by atoms with E-state index in [1.165, 1.54) is 18.2 Å². The number of rotatable bonds is 7. The van der Waals surface area contributed by atoms with Crippen LogP contribution in [0.3, 0.4) is 0 Å². The first kappa shape index (κ1) is 42.1. The molecule has 0 aromatic heterocycles. The van der Waals surface area contributed by atoms with Gasteiger partial charge in [0, 0.05) is 48.0 Å². The van der Waals surface area contributed by atoms with Gasteiger partial charge in [-0.1, -0.05) is 19.1 Å². The molecule has 16 heteroatoms. The molecule has 6 rings (SSSR count). The predicted molar refractivity (Wildman–Crippen MR) is 192 cm³/mol. The zero-order valence-corrected chi connectivity index (χ0v) is 31.8. The highest BCUT2D eigenvalue weighted by Gasteiger charge is 2.54. The van der Waals surface area contributed by atoms with Gasteiger partial charge in [-0.05, 0) is 54.5 Å². The van der Waals surface area contributed by atoms with Crippen LogP contribution in [0.25, 0.3) is 0 Å². The summed E-state index contributed by atoms with van der Waals surface area (Å²) in [5, 5.41) is 68.8. The van der Waals surface area contributed by atoms with Gasteiger partial charge >= 0.3 is 0 Å². The lowest BCUT2D eigenvalue weighted by Gasteiger charge is -2.48. The van der Waals surface area contributed by atoms with Gasteiger partial charge < -0.3 is 59.4 Å². The van der Waals surface area contributed by atoms with E-state index in [1.54, 1.807) is 20.8 Å². The number of hydrogen-bond acceptors (Lipinski definition) is 14. The molecule has 290 valence electrons. The molecule has 14 nitrogen and oxygen atoms in total. The number of aromatic hydroxyl groups is 3. The van der Waals surface area contributed by atoms with Crippen molar-refractivity contribution >= 4 is 36.4 Å². The van der Waals surface area contributed by atoms with Gasteiger partial charge in [0.1, 0.15) is 23.4 Å². The molecule has 0 saturated carbocycles. The maximum atomic E-state index is 14.0. The lowest BCUT2D eigenvalue weighted by Crippen LogP contribution is -2.55. The summed E-state index contributed by atoms with van der Waals surface area (Å²) < 4.78 is 25.1. The third kappa shape index (κ3) is 6.92. The van der Waals surface area contributed by atoms with E-state index in [9.17, 15) is 40.2 Å². The topological polar surface area (TPSA) is 199 Å². The second-order valence-electron chi connectivity index (χ2n) is 14.5. The number of ketones is 2. The molecule has 2 fully saturated rings. The predicted octanol–water partition coefficient (Wildman–Crippen LogP) is 2.93. The van der Waals surface area contributed by atoms with Crippen LogP contribution >= 0.6 is 24.8 Å². The molecule has 6 N–H and O–H groups in total. The van der Waals surface area contributed by atoms with Crippen molar-refractivity contribution in [1.82, 2.24) is 9.80 Å². The Balaban J connectivity index is 0.00000302. The number of halogens is 2. The average Bonchev–Trinajstić information content (AvgIpc) is 3.05. The molecular weight excluding hydrogens is 723 g/mol. The van der Waals surface area contributed by atoms with E-state index in [-0.39, 0.29) is 84.8 Å². The van der Waals surface area contributed by atoms with Crippen LogP contribution in [0.4, 0.5) is 0 Å². The SMILES string of the molecule is CC[C@@]1(O)C[C@H](O[C@H]2C[C@H](N(C)C)[C@H](O)[C@H](C)O2)c2c(O)c3c(c(O)c2[C@H]1O[C@H]1C[C@H](N(C)C)[C@H](O)[C@H](C)O1)C(=O)c1cccc(O)c1C3=O.Cl.Cl. The van der Waals surface area contributed by atoms with E-state index in [1.807, 2.05) is 38.0 Å². The number of carbonyl (C=O) groups excluding carboxylic acids is 2. The van der Waals surface area contributed by atoms with Crippen molar-refractivity contribution in [3.63, 3.8) is 0 Å². The largest absolute Gasteiger partial charge is 0.507 e. The first-order chi connectivity index (χ1) is 23.5. The fourth-order valence-electron chi connectivity index (χ4n) is 8.05. The van der Waals surface area contributed by atoms with Crippen LogP contribution in [-0.4, -0.2) is 135 Å². The summed E-state index contributed by atoms with van der Waals surface area (Å²) in [6.45, 7) is 5.12. The summed E-state index contributed by atoms with van der Waals surface area (Å²) in [6, 6.07) is 3.25. The van der Waals surface area contributed by atoms with Crippen molar-refractivity contribution in [3.05, 3.63) is 51.6 Å². The molecule has 0 unspecified atom stereocenters. The van der Waals surface area contributed by atoms with Gasteiger partial charge in [0.05, 0.1) is 52.8 Å². The number of hydrogen-bond donors (Lipinski definition) is 6. The second kappa shape index (κ2) is 15.6. The van der Waals surface area contributed by atoms with Crippen molar-refractivity contribution in [1.29, 1.82) is 0 Å². The highest BCUT2D eigenvalue weighted by Crippen LogP contribution is 2.58. The Labute approximate surface area is 315 Å². The van der Waals surface area contributed by atoms with Crippen LogP contribution in [-0.2, 0) is 18.9 Å². The quantitative estimate of drug-likeness (QED) is 0.192. The molecule has 0 radical (unpaired) electrons. The minimum atomic E-state index is -1.77. The third-order valence-corrected chi connectivity index (χ3v) is 11.0. The van der Waals surface area contributed by atoms with Gasteiger partial charge in [-0.3, -0.25) is 9.59 Å². The molecule has 2 aliphatic heterocycles. The summed E-state index contributed by atoms with van der Waals surface area (Å²) in [5.74, 6) is -3.49. The number of likely N-dealkylation sites (N-methyl/N-ethyl adjacent to an activating group) is 2. The first-order valence-corrected chi connectivity index (χ1v) is 17.1. The van der Waals surface area contributed by atoms with Crippen LogP contribution in [0.1, 0.15) is 102 Å². The first-order valence-electron chi connectivity index (χ1n) is 17.1. The van der Waals surface area contributed by atoms with Gasteiger partial charge in [0.25, 0.3) is 0 Å². The number of phenolic OH excluding ortho intramolecular Hbond substituents is 3. The normalized spacial score (nSPS) is 34.2. The van der Waals surface area contributed by atoms with E-state index in [0.717, 1.165) is 0 Å². The Morgan fingerprint density at radius 1 is 0.788 bits per heavy atom. The van der Waals surface area contributed by atoms with Crippen molar-refractivity contribution in [2.24, 2.45) is 0 Å². The number of carbonyl (C=O) groups is 2. The number of nitrogens with zero attached hydrogens (tertiary/aromatic N) is 2. The Kier molecular flexibility index (Phi) is 12.7. The number of aliphatic hydroxyl groups excluding tert-OH is 2. The zero-order chi connectivity index (χ0) is 36.6. The minimum Gasteiger partial charge on any atom is -0.507 e. The van der Waals surface area contributed by atoms with Crippen LogP contribution in [0, 0.1) is 0 Å². The number of fused-ring (bicyclic) bond motifs is 3. The molecule has 2 heterocycles. The molecule has 2 aliphatic carbocycles. The average molecular weight is 774 g/mol. The molecule has 4 aliphatic rings. The Morgan fingerprint density at radius 3 is 1.81 bits per heavy atom. The molecule has 2 aromatic carbocycles. The van der Waals surface area contributed by atoms with E-state index in [2.05, 4.69) is 0 Å². The van der Waals surface area contributed by atoms with Crippen LogP contribution in [0.5, 0.6) is 17.2 Å². The van der Waals surface area contributed by atoms with Crippen molar-refractivity contribution < 1.29 is 59.2 Å². The summed E-state index contributed by atoms with van der Waals surface area (Å²) in [7, 11) is 7.25. The van der Waals surface area contributed by atoms with Gasteiger partial charge in [-0.25, -0.2) is 0 Å². The number of phenols is 3. The van der Waals surface area contributed by atoms with Crippen molar-refractivity contribution in [2.45, 2.75) is 113 Å². The minimum absolute atomic E-state index is 0. The maximum Gasteiger partial charge on any atom is 0.202 e. The molecule has 2 aromatic rings. The molecule has 52 heavy (non-hydrogen) atoms. The molecular formula is C36H50Cl2N2O12. The van der Waals surface area contributed by atoms with Crippen LogP contribution < -0.4 is 0 Å². The van der Waals surface area contributed by atoms with Crippen LogP contribution in [0.2, 0.25) is 0 Å². The summed E-state index contributed by atoms with van der Waals surface area (Å²) >= 11 is 0. The summed E-state index contributed by atoms with van der Waals surface area (Å²) in [4.78, 5) is 31.6. The number of ether oxygens (including phenoxy) is 4. The monoisotopic (exact) mass is 772 g/mol. The Bertz CT molecular complexity index is 1680.